The van der Waals surface area contributed by atoms with E-state index in [0.717, 1.165) is 20.5 Å². The van der Waals surface area contributed by atoms with Crippen molar-refractivity contribution in [2.45, 2.75) is 167 Å². The zero-order valence-electron chi connectivity index (χ0n) is 53.7. The number of carbonyl (C=O) groups excluding carboxylic acids is 5. The third-order valence-corrected chi connectivity index (χ3v) is 6.85. The molecule has 23 heteroatoms. The minimum absolute atomic E-state index is 0.0625. The van der Waals surface area contributed by atoms with E-state index in [1.165, 1.54) is 97.9 Å². The lowest BCUT2D eigenvalue weighted by Crippen LogP contribution is -2.05. The average Bonchev–Trinajstić information content (AvgIpc) is 3.37. The Balaban J connectivity index is -0.0000000319. The molecule has 0 aliphatic carbocycles. The monoisotopic (exact) mass is 1200 g/mol. The van der Waals surface area contributed by atoms with Gasteiger partial charge in [-0.1, -0.05) is 76.7 Å². The Labute approximate surface area is 481 Å². The molecular weight excluding hydrogens is 1080 g/mol. The number of Topliss-reactive ketones (excluding diaryl/α,β-unsaturated/α-hetero) is 2. The van der Waals surface area contributed by atoms with Crippen molar-refractivity contribution in [3.63, 3.8) is 0 Å². The summed E-state index contributed by atoms with van der Waals surface area (Å²) in [6, 6.07) is 0. The number of azo groups is 1. The minimum atomic E-state index is -2.54. The highest BCUT2D eigenvalue weighted by molar-refractivity contribution is 8.13. The largest absolute Gasteiger partial charge is 0.507 e. The second kappa shape index (κ2) is 139. The highest BCUT2D eigenvalue weighted by Gasteiger charge is 2.17. The number of thioether (sulfide) groups is 5. The van der Waals surface area contributed by atoms with Gasteiger partial charge in [-0.05, 0) is 126 Å². The van der Waals surface area contributed by atoms with Crippen molar-refractivity contribution < 1.29 is 69.6 Å². The molecule has 1 unspecified atom stereocenters. The smallest absolute Gasteiger partial charge is 0.469 e. The van der Waals surface area contributed by atoms with Crippen LogP contribution in [0.3, 0.4) is 0 Å². The Hall–Kier alpha value is -2.36. The van der Waals surface area contributed by atoms with Crippen molar-refractivity contribution in [2.24, 2.45) is 15.2 Å². The number of rotatable bonds is 6. The van der Waals surface area contributed by atoms with Crippen LogP contribution < -0.4 is 0 Å². The minimum Gasteiger partial charge on any atom is -0.469 e. The molecule has 13 nitrogen and oxygen atoms in total. The summed E-state index contributed by atoms with van der Waals surface area (Å²) < 4.78 is 78.1. The van der Waals surface area contributed by atoms with Crippen LogP contribution in [0.15, 0.2) is 27.4 Å². The second-order valence-electron chi connectivity index (χ2n) is 12.0. The van der Waals surface area contributed by atoms with Crippen LogP contribution in [0.2, 0.25) is 0 Å². The summed E-state index contributed by atoms with van der Waals surface area (Å²) in [6.45, 7) is 32.9. The molecule has 0 bridgehead atoms. The summed E-state index contributed by atoms with van der Waals surface area (Å²) in [5.74, 6) is 4.31. The molecule has 0 amide bonds. The molecule has 1 atom stereocenters. The zero-order valence-corrected chi connectivity index (χ0v) is 57.8. The third kappa shape index (κ3) is 742. The lowest BCUT2D eigenvalue weighted by Gasteiger charge is -2.02. The van der Waals surface area contributed by atoms with E-state index in [4.69, 9.17) is 0 Å². The fourth-order valence-electron chi connectivity index (χ4n) is 0.0833. The Kier molecular flexibility index (Phi) is 224. The number of ether oxygens (including phenoxy) is 5. The molecular formula is C52H116F5N3O10S5. The highest BCUT2D eigenvalue weighted by atomic mass is 32.2. The van der Waals surface area contributed by atoms with Gasteiger partial charge in [0.15, 0.2) is 5.12 Å². The first kappa shape index (κ1) is 120. The number of esters is 1. The third-order valence-electron chi connectivity index (χ3n) is 4.33. The molecule has 0 rings (SSSR count). The molecule has 0 aromatic heterocycles. The van der Waals surface area contributed by atoms with Gasteiger partial charge in [-0.25, -0.2) is 18.0 Å². The first-order chi connectivity index (χ1) is 34.5. The maximum atomic E-state index is 11.5. The van der Waals surface area contributed by atoms with Crippen molar-refractivity contribution in [1.29, 1.82) is 0 Å². The summed E-state index contributed by atoms with van der Waals surface area (Å²) in [7, 11) is 13.8. The molecule has 0 aliphatic heterocycles. The summed E-state index contributed by atoms with van der Waals surface area (Å²) >= 11 is 6.61. The van der Waals surface area contributed by atoms with E-state index < -0.39 is 22.8 Å². The molecule has 0 aromatic rings. The van der Waals surface area contributed by atoms with E-state index in [1.54, 1.807) is 86.8 Å². The standard InChI is InChI=1S/C4H8F2.C4H8O.C4H8.C4H6.C3H6F2S.C3H7FS.C3H7N.C3H6O3.C3H6O2.C3H6OS.C3H8O.C3H6O.C3H8S.C3H8.C2H6N2.C2H6O.C2H6S/c1-3-4(2,5)6;1-3-4(2)5;2*1-3-4-2;1-3(4,5)6-2;1-3(4)5-2;1-3-4-2;1-5-3(4)6-2;2*1-3(4)5-2;1-3-4-2;1-3(2)4;1-3-4-2;1-3-2;1-3-4-2;2*1-3-2/h3H2,1-2H3;3H2,1-2H3;3-4H,1-2H3;1-2H3;1-2H3;3H,1-2H3;3H,1-2H3;1-2H3;2*1-2H3;3H2,1-2H3;1-2H3;3H2,1-2H3;3H2,1-2H3;1-2H3;2*1-2H3/b;;4-3+;;;;;;;;;;;;;;. The lowest BCUT2D eigenvalue weighted by molar-refractivity contribution is -0.138. The van der Waals surface area contributed by atoms with Gasteiger partial charge < -0.3 is 38.3 Å². The summed E-state index contributed by atoms with van der Waals surface area (Å²) in [5.41, 5.74) is -0.699. The maximum Gasteiger partial charge on any atom is 0.507 e. The fraction of sp³-hybridized carbons (Fsp3) is 0.808. The fourth-order valence-corrected chi connectivity index (χ4v) is 0.0833. The van der Waals surface area contributed by atoms with E-state index >= 15 is 0 Å². The molecule has 0 radical (unpaired) electrons. The maximum absolute atomic E-state index is 11.5. The number of hydrogen-bond donors (Lipinski definition) is 0. The van der Waals surface area contributed by atoms with E-state index in [0.29, 0.717) is 18.2 Å². The number of alkyl halides is 5. The molecule has 0 spiro atoms. The summed E-state index contributed by atoms with van der Waals surface area (Å²) in [6.07, 6.45) is 18.0. The van der Waals surface area contributed by atoms with Gasteiger partial charge in [0.05, 0.1) is 21.3 Å². The van der Waals surface area contributed by atoms with Crippen molar-refractivity contribution in [3.8, 4) is 11.8 Å². The van der Waals surface area contributed by atoms with Crippen LogP contribution in [0, 0.1) is 11.8 Å². The molecule has 75 heavy (non-hydrogen) atoms. The van der Waals surface area contributed by atoms with Crippen LogP contribution in [0.1, 0.15) is 151 Å². The Bertz CT molecular complexity index is 1000. The van der Waals surface area contributed by atoms with E-state index in [-0.39, 0.29) is 29.1 Å². The van der Waals surface area contributed by atoms with Gasteiger partial charge in [0.25, 0.3) is 5.25 Å². The van der Waals surface area contributed by atoms with E-state index in [2.05, 4.69) is 77.8 Å². The van der Waals surface area contributed by atoms with E-state index in [1.807, 2.05) is 84.9 Å². The van der Waals surface area contributed by atoms with Gasteiger partial charge >= 0.3 is 12.1 Å². The van der Waals surface area contributed by atoms with Crippen LogP contribution in [0.25, 0.3) is 0 Å². The van der Waals surface area contributed by atoms with Gasteiger partial charge in [-0.3, -0.25) is 9.59 Å². The van der Waals surface area contributed by atoms with Crippen LogP contribution in [0.4, 0.5) is 26.7 Å². The highest BCUT2D eigenvalue weighted by Crippen LogP contribution is 2.23. The summed E-state index contributed by atoms with van der Waals surface area (Å²) in [4.78, 5) is 52.0. The van der Waals surface area contributed by atoms with Crippen molar-refractivity contribution in [2.75, 3.05) is 114 Å². The number of nitrogens with zero attached hydrogens (tertiary/aromatic N) is 3. The second-order valence-corrected chi connectivity index (χ2v) is 17.2. The Morgan fingerprint density at radius 2 is 0.853 bits per heavy atom. The lowest BCUT2D eigenvalue weighted by atomic mass is 10.3. The number of methoxy groups -OCH3 is 5. The number of allylic oxidation sites excluding steroid dienone is 2. The molecule has 0 N–H and O–H groups in total. The van der Waals surface area contributed by atoms with E-state index in [9.17, 15) is 45.9 Å². The topological polar surface area (TPSA) is 169 Å². The van der Waals surface area contributed by atoms with Crippen molar-refractivity contribution in [1.82, 2.24) is 0 Å². The molecule has 464 valence electrons. The van der Waals surface area contributed by atoms with Gasteiger partial charge in [-0.15, -0.1) is 23.6 Å². The number of ketones is 2. The number of halogens is 5. The first-order valence-electron chi connectivity index (χ1n) is 22.9. The average molecular weight is 1200 g/mol. The predicted octanol–water partition coefficient (Wildman–Crippen LogP) is 17.4. The van der Waals surface area contributed by atoms with Crippen molar-refractivity contribution in [3.05, 3.63) is 12.2 Å². The molecule has 0 fully saturated rings. The van der Waals surface area contributed by atoms with Gasteiger partial charge in [0.2, 0.25) is 5.92 Å². The Morgan fingerprint density at radius 1 is 0.667 bits per heavy atom. The van der Waals surface area contributed by atoms with Crippen LogP contribution >= 0.6 is 58.8 Å². The molecule has 0 saturated carbocycles. The van der Waals surface area contributed by atoms with Gasteiger partial charge in [-0.2, -0.15) is 42.5 Å². The normalized spacial score (nSPS) is 8.52. The number of carbonyl (C=O) groups is 5. The molecule has 0 saturated heterocycles. The number of hydrogen-bond acceptors (Lipinski definition) is 18. The van der Waals surface area contributed by atoms with Crippen LogP contribution in [-0.4, -0.2) is 165 Å². The first-order valence-corrected chi connectivity index (χ1v) is 29.6. The Morgan fingerprint density at radius 3 is 0.853 bits per heavy atom. The van der Waals surface area contributed by atoms with Crippen LogP contribution in [0.5, 0.6) is 0 Å². The quantitative estimate of drug-likeness (QED) is 0.0614. The SMILES string of the molecule is C/C=C/C.CC#CC.CC(C)=O.CC=NC.CCC.CCC(C)(F)F.CCC(C)=O.CCOC.CCSC.CN=NC.COC.COC(=O)OC.COC(C)=O.CSC.CSC(C)(F)F.CSC(C)=O.CSC(C)F. The van der Waals surface area contributed by atoms with Crippen molar-refractivity contribution >= 4 is 93.8 Å². The molecule has 0 heterocycles. The zero-order chi connectivity index (χ0) is 64.7. The summed E-state index contributed by atoms with van der Waals surface area (Å²) in [5, 5.41) is 4.35. The molecule has 0 aliphatic rings. The van der Waals surface area contributed by atoms with Gasteiger partial charge in [0.1, 0.15) is 17.1 Å². The predicted molar refractivity (Wildman–Crippen MR) is 334 cm³/mol. The van der Waals surface area contributed by atoms with Crippen LogP contribution in [-0.2, 0) is 42.9 Å². The number of aliphatic imine (C=N–C) groups is 1. The van der Waals surface area contributed by atoms with Gasteiger partial charge in [0, 0.05) is 82.7 Å². The molecule has 0 aromatic carbocycles.